The van der Waals surface area contributed by atoms with E-state index in [1.165, 1.54) is 0 Å². The molecule has 0 aliphatic heterocycles. The van der Waals surface area contributed by atoms with Crippen molar-refractivity contribution in [3.8, 4) is 0 Å². The molecule has 7 heteroatoms. The molecule has 0 aromatic rings. The van der Waals surface area contributed by atoms with Crippen LogP contribution in [0.3, 0.4) is 0 Å². The Hall–Kier alpha value is -1.50. The normalized spacial score (nSPS) is 28.5. The van der Waals surface area contributed by atoms with Gasteiger partial charge in [-0.05, 0) is 31.1 Å². The summed E-state index contributed by atoms with van der Waals surface area (Å²) in [6.07, 6.45) is 1.06. The van der Waals surface area contributed by atoms with Crippen LogP contribution in [-0.4, -0.2) is 36.4 Å². The number of Topliss-reactive ketones (excluding diaryl/α,β-unsaturated/α-hetero) is 1. The molecule has 2 amide bonds. The fraction of sp³-hybridized carbons (Fsp3) is 0.750. The Balaban J connectivity index is 2.38. The summed E-state index contributed by atoms with van der Waals surface area (Å²) in [6, 6.07) is -1.56. The molecule has 0 radical (unpaired) electrons. The third kappa shape index (κ3) is 4.27. The molecule has 6 nitrogen and oxygen atoms in total. The van der Waals surface area contributed by atoms with Gasteiger partial charge in [-0.3, -0.25) is 14.4 Å². The maximum absolute atomic E-state index is 13.3. The number of alkyl halides is 1. The number of rotatable bonds is 5. The van der Waals surface area contributed by atoms with Crippen LogP contribution < -0.4 is 16.8 Å². The Labute approximate surface area is 111 Å². The maximum Gasteiger partial charge on any atom is 0.287 e. The molecule has 1 aliphatic rings. The zero-order valence-electron chi connectivity index (χ0n) is 10.9. The first-order valence-corrected chi connectivity index (χ1v) is 6.34. The summed E-state index contributed by atoms with van der Waals surface area (Å²) in [7, 11) is 0. The Morgan fingerprint density at radius 3 is 2.53 bits per heavy atom. The molecule has 0 bridgehead atoms. The number of hydrogen-bond donors (Lipinski definition) is 3. The van der Waals surface area contributed by atoms with E-state index >= 15 is 0 Å². The van der Waals surface area contributed by atoms with Crippen LogP contribution in [0.1, 0.15) is 26.2 Å². The number of halogens is 1. The zero-order chi connectivity index (χ0) is 14.6. The van der Waals surface area contributed by atoms with Crippen molar-refractivity contribution in [1.82, 2.24) is 5.32 Å². The number of primary amides is 1. The molecule has 5 N–H and O–H groups in total. The van der Waals surface area contributed by atoms with E-state index in [4.69, 9.17) is 11.5 Å². The van der Waals surface area contributed by atoms with Crippen molar-refractivity contribution in [2.24, 2.45) is 23.3 Å². The molecular formula is C12H20FN3O3. The van der Waals surface area contributed by atoms with Gasteiger partial charge in [-0.15, -0.1) is 0 Å². The minimum atomic E-state index is -1.56. The fourth-order valence-electron chi connectivity index (χ4n) is 2.28. The number of hydrogen-bond acceptors (Lipinski definition) is 4. The highest BCUT2D eigenvalue weighted by molar-refractivity contribution is 6.41. The van der Waals surface area contributed by atoms with Crippen LogP contribution >= 0.6 is 0 Å². The molecule has 0 spiro atoms. The summed E-state index contributed by atoms with van der Waals surface area (Å²) in [4.78, 5) is 33.3. The van der Waals surface area contributed by atoms with E-state index in [0.29, 0.717) is 25.8 Å². The molecule has 1 rings (SSSR count). The topological polar surface area (TPSA) is 115 Å². The molecule has 4 atom stereocenters. The van der Waals surface area contributed by atoms with Crippen LogP contribution in [0.2, 0.25) is 0 Å². The number of amides is 2. The first-order chi connectivity index (χ1) is 8.82. The quantitative estimate of drug-likeness (QED) is 0.452. The predicted octanol–water partition coefficient (Wildman–Crippen LogP) is -0.741. The Morgan fingerprint density at radius 1 is 1.37 bits per heavy atom. The van der Waals surface area contributed by atoms with Crippen LogP contribution in [0.4, 0.5) is 4.39 Å². The summed E-state index contributed by atoms with van der Waals surface area (Å²) in [5.41, 5.74) is 10.1. The summed E-state index contributed by atoms with van der Waals surface area (Å²) in [5.74, 6) is -2.93. The minimum absolute atomic E-state index is 0.0309. The van der Waals surface area contributed by atoms with Crippen LogP contribution in [-0.2, 0) is 14.4 Å². The van der Waals surface area contributed by atoms with E-state index in [2.05, 4.69) is 5.32 Å². The van der Waals surface area contributed by atoms with Gasteiger partial charge in [0.1, 0.15) is 6.17 Å². The summed E-state index contributed by atoms with van der Waals surface area (Å²) in [5, 5.41) is 2.51. The van der Waals surface area contributed by atoms with Crippen LogP contribution in [0.25, 0.3) is 0 Å². The monoisotopic (exact) mass is 273 g/mol. The molecule has 0 heterocycles. The lowest BCUT2D eigenvalue weighted by atomic mass is 9.81. The standard InChI is InChI=1S/C12H20FN3O3/c1-6-4-7(2-3-8(6)13)5-16-12(19)9(14)10(17)11(15)18/h6-9H,2-5,14H2,1H3,(H2,15,18)(H,16,19). The number of nitrogens with one attached hydrogen (secondary N) is 1. The Morgan fingerprint density at radius 2 is 2.00 bits per heavy atom. The smallest absolute Gasteiger partial charge is 0.287 e. The van der Waals surface area contributed by atoms with Crippen LogP contribution in [0.5, 0.6) is 0 Å². The highest BCUT2D eigenvalue weighted by Crippen LogP contribution is 2.30. The van der Waals surface area contributed by atoms with E-state index < -0.39 is 29.8 Å². The summed E-state index contributed by atoms with van der Waals surface area (Å²) >= 11 is 0. The van der Waals surface area contributed by atoms with Gasteiger partial charge in [0.25, 0.3) is 5.91 Å². The third-order valence-corrected chi connectivity index (χ3v) is 3.55. The first-order valence-electron chi connectivity index (χ1n) is 6.34. The second-order valence-electron chi connectivity index (χ2n) is 5.12. The minimum Gasteiger partial charge on any atom is -0.363 e. The summed E-state index contributed by atoms with van der Waals surface area (Å²) < 4.78 is 13.3. The van der Waals surface area contributed by atoms with E-state index in [9.17, 15) is 18.8 Å². The lowest BCUT2D eigenvalue weighted by Crippen LogP contribution is -2.51. The van der Waals surface area contributed by atoms with Crippen LogP contribution in [0.15, 0.2) is 0 Å². The van der Waals surface area contributed by atoms with Crippen molar-refractivity contribution in [2.45, 2.75) is 38.4 Å². The second-order valence-corrected chi connectivity index (χ2v) is 5.12. The number of nitrogens with two attached hydrogens (primary N) is 2. The van der Waals surface area contributed by atoms with Gasteiger partial charge in [0.15, 0.2) is 6.04 Å². The van der Waals surface area contributed by atoms with Gasteiger partial charge in [0, 0.05) is 6.54 Å². The molecule has 1 fully saturated rings. The molecule has 1 saturated carbocycles. The predicted molar refractivity (Wildman–Crippen MR) is 66.6 cm³/mol. The van der Waals surface area contributed by atoms with Crippen molar-refractivity contribution in [1.29, 1.82) is 0 Å². The molecule has 0 aromatic heterocycles. The first kappa shape index (κ1) is 15.6. The molecule has 19 heavy (non-hydrogen) atoms. The number of carbonyl (C=O) groups is 3. The average molecular weight is 273 g/mol. The van der Waals surface area contributed by atoms with Gasteiger partial charge in [-0.25, -0.2) is 4.39 Å². The van der Waals surface area contributed by atoms with Gasteiger partial charge in [0.05, 0.1) is 0 Å². The molecule has 0 saturated heterocycles. The van der Waals surface area contributed by atoms with E-state index in [1.54, 1.807) is 0 Å². The average Bonchev–Trinajstić information content (AvgIpc) is 2.37. The van der Waals surface area contributed by atoms with Crippen molar-refractivity contribution in [3.05, 3.63) is 0 Å². The van der Waals surface area contributed by atoms with Gasteiger partial charge in [-0.2, -0.15) is 0 Å². The van der Waals surface area contributed by atoms with E-state index in [-0.39, 0.29) is 11.8 Å². The number of ketones is 1. The lowest BCUT2D eigenvalue weighted by molar-refractivity contribution is -0.140. The molecule has 1 aliphatic carbocycles. The van der Waals surface area contributed by atoms with Gasteiger partial charge < -0.3 is 16.8 Å². The van der Waals surface area contributed by atoms with Gasteiger partial charge in [-0.1, -0.05) is 6.92 Å². The fourth-order valence-corrected chi connectivity index (χ4v) is 2.28. The highest BCUT2D eigenvalue weighted by Gasteiger charge is 2.29. The largest absolute Gasteiger partial charge is 0.363 e. The lowest BCUT2D eigenvalue weighted by Gasteiger charge is -2.29. The SMILES string of the molecule is CC1CC(CNC(=O)C(N)C(=O)C(N)=O)CCC1F. The molecular weight excluding hydrogens is 253 g/mol. The third-order valence-electron chi connectivity index (χ3n) is 3.55. The van der Waals surface area contributed by atoms with Crippen molar-refractivity contribution in [2.75, 3.05) is 6.54 Å². The van der Waals surface area contributed by atoms with Gasteiger partial charge in [0.2, 0.25) is 11.7 Å². The van der Waals surface area contributed by atoms with Crippen molar-refractivity contribution in [3.63, 3.8) is 0 Å². The summed E-state index contributed by atoms with van der Waals surface area (Å²) in [6.45, 7) is 2.16. The van der Waals surface area contributed by atoms with Crippen molar-refractivity contribution < 1.29 is 18.8 Å². The Kier molecular flexibility index (Phi) is 5.41. The molecule has 108 valence electrons. The Bertz CT molecular complexity index is 375. The molecule has 0 aromatic carbocycles. The maximum atomic E-state index is 13.3. The van der Waals surface area contributed by atoms with E-state index in [0.717, 1.165) is 0 Å². The zero-order valence-corrected chi connectivity index (χ0v) is 10.9. The molecule has 4 unspecified atom stereocenters. The highest BCUT2D eigenvalue weighted by atomic mass is 19.1. The van der Waals surface area contributed by atoms with Crippen molar-refractivity contribution >= 4 is 17.6 Å². The van der Waals surface area contributed by atoms with Crippen LogP contribution in [0, 0.1) is 11.8 Å². The van der Waals surface area contributed by atoms with Gasteiger partial charge >= 0.3 is 0 Å². The number of carbonyl (C=O) groups excluding carboxylic acids is 3. The second kappa shape index (κ2) is 6.60. The van der Waals surface area contributed by atoms with E-state index in [1.807, 2.05) is 6.92 Å².